The molecule has 2 heterocycles. The third-order valence-corrected chi connectivity index (χ3v) is 2.51. The van der Waals surface area contributed by atoms with Crippen molar-refractivity contribution >= 4 is 5.82 Å². The van der Waals surface area contributed by atoms with E-state index in [0.29, 0.717) is 12.5 Å². The van der Waals surface area contributed by atoms with Gasteiger partial charge in [-0.2, -0.15) is 0 Å². The van der Waals surface area contributed by atoms with Crippen LogP contribution in [0.25, 0.3) is 0 Å². The molecule has 19 heavy (non-hydrogen) atoms. The summed E-state index contributed by atoms with van der Waals surface area (Å²) in [5, 5.41) is 3.24. The van der Waals surface area contributed by atoms with E-state index in [9.17, 15) is 0 Å². The molecule has 0 spiro atoms. The van der Waals surface area contributed by atoms with Gasteiger partial charge in [0.25, 0.3) is 0 Å². The molecule has 1 N–H and O–H groups in total. The molecular weight excluding hydrogens is 240 g/mol. The summed E-state index contributed by atoms with van der Waals surface area (Å²) < 4.78 is 5.46. The molecule has 0 fully saturated rings. The van der Waals surface area contributed by atoms with Crippen LogP contribution in [-0.2, 0) is 6.42 Å². The lowest BCUT2D eigenvalue weighted by Crippen LogP contribution is -2.08. The molecule has 5 heteroatoms. The smallest absolute Gasteiger partial charge is 0.218 e. The Balaban J connectivity index is 1.82. The quantitative estimate of drug-likeness (QED) is 0.825. The Bertz CT molecular complexity index is 490. The number of ether oxygens (including phenoxy) is 1. The molecule has 0 saturated heterocycles. The molecular formula is C14H18N4O. The molecule has 5 nitrogen and oxygen atoms in total. The van der Waals surface area contributed by atoms with Gasteiger partial charge in [-0.05, 0) is 18.6 Å². The van der Waals surface area contributed by atoms with E-state index in [1.807, 2.05) is 24.3 Å². The molecule has 2 aromatic rings. The zero-order chi connectivity index (χ0) is 13.3. The Hall–Kier alpha value is -2.17. The Labute approximate surface area is 113 Å². The van der Waals surface area contributed by atoms with Gasteiger partial charge >= 0.3 is 0 Å². The highest BCUT2D eigenvalue weighted by atomic mass is 16.5. The molecule has 2 aromatic heterocycles. The van der Waals surface area contributed by atoms with Gasteiger partial charge in [0.15, 0.2) is 0 Å². The third kappa shape index (κ3) is 4.54. The fourth-order valence-corrected chi connectivity index (χ4v) is 1.59. The van der Waals surface area contributed by atoms with Crippen LogP contribution in [-0.4, -0.2) is 28.1 Å². The highest BCUT2D eigenvalue weighted by molar-refractivity contribution is 5.37. The molecule has 0 atom stereocenters. The van der Waals surface area contributed by atoms with Crippen LogP contribution in [0.3, 0.4) is 0 Å². The molecule has 0 saturated carbocycles. The Morgan fingerprint density at radius 1 is 1.21 bits per heavy atom. The monoisotopic (exact) mass is 258 g/mol. The van der Waals surface area contributed by atoms with Crippen molar-refractivity contribution in [2.75, 3.05) is 18.5 Å². The number of hydrogen-bond donors (Lipinski definition) is 1. The van der Waals surface area contributed by atoms with Crippen molar-refractivity contribution in [2.45, 2.75) is 19.8 Å². The van der Waals surface area contributed by atoms with Crippen molar-refractivity contribution in [3.05, 3.63) is 42.5 Å². The first kappa shape index (κ1) is 13.3. The number of aromatic nitrogens is 3. The Morgan fingerprint density at radius 3 is 2.95 bits per heavy atom. The van der Waals surface area contributed by atoms with Gasteiger partial charge in [0.1, 0.15) is 12.1 Å². The van der Waals surface area contributed by atoms with E-state index in [2.05, 4.69) is 27.2 Å². The average Bonchev–Trinajstić information content (AvgIpc) is 2.47. The van der Waals surface area contributed by atoms with Crippen molar-refractivity contribution < 1.29 is 4.74 Å². The Morgan fingerprint density at radius 2 is 2.16 bits per heavy atom. The summed E-state index contributed by atoms with van der Waals surface area (Å²) in [5.74, 6) is 1.38. The van der Waals surface area contributed by atoms with E-state index in [0.717, 1.165) is 30.9 Å². The van der Waals surface area contributed by atoms with Crippen molar-refractivity contribution in [1.29, 1.82) is 0 Å². The van der Waals surface area contributed by atoms with E-state index in [-0.39, 0.29) is 0 Å². The minimum Gasteiger partial charge on any atom is -0.478 e. The fraction of sp³-hybridized carbons (Fsp3) is 0.357. The second-order valence-corrected chi connectivity index (χ2v) is 4.09. The second-order valence-electron chi connectivity index (χ2n) is 4.09. The summed E-state index contributed by atoms with van der Waals surface area (Å²) in [5.41, 5.74) is 1.06. The lowest BCUT2D eigenvalue weighted by atomic mass is 10.3. The van der Waals surface area contributed by atoms with Crippen molar-refractivity contribution in [3.8, 4) is 5.88 Å². The molecule has 0 radical (unpaired) electrons. The van der Waals surface area contributed by atoms with Gasteiger partial charge in [0.05, 0.1) is 6.61 Å². The molecule has 0 aliphatic heterocycles. The summed E-state index contributed by atoms with van der Waals surface area (Å²) in [7, 11) is 0. The van der Waals surface area contributed by atoms with Crippen molar-refractivity contribution in [1.82, 2.24) is 15.0 Å². The van der Waals surface area contributed by atoms with Gasteiger partial charge in [-0.15, -0.1) is 0 Å². The predicted octanol–water partition coefficient (Wildman–Crippen LogP) is 2.32. The van der Waals surface area contributed by atoms with Crippen LogP contribution < -0.4 is 10.1 Å². The molecule has 0 aromatic carbocycles. The van der Waals surface area contributed by atoms with Crippen LogP contribution in [0.4, 0.5) is 5.82 Å². The first-order chi connectivity index (χ1) is 9.38. The van der Waals surface area contributed by atoms with Crippen LogP contribution in [0.1, 0.15) is 19.0 Å². The van der Waals surface area contributed by atoms with Crippen molar-refractivity contribution in [3.63, 3.8) is 0 Å². The van der Waals surface area contributed by atoms with E-state index < -0.39 is 0 Å². The van der Waals surface area contributed by atoms with Crippen LogP contribution in [0, 0.1) is 0 Å². The highest BCUT2D eigenvalue weighted by Crippen LogP contribution is 2.11. The normalized spacial score (nSPS) is 10.2. The zero-order valence-electron chi connectivity index (χ0n) is 11.0. The number of nitrogens with zero attached hydrogens (tertiary/aromatic N) is 3. The average molecular weight is 258 g/mol. The van der Waals surface area contributed by atoms with E-state index >= 15 is 0 Å². The van der Waals surface area contributed by atoms with E-state index in [1.165, 1.54) is 6.33 Å². The van der Waals surface area contributed by atoms with Gasteiger partial charge in [0.2, 0.25) is 5.88 Å². The molecule has 0 aliphatic rings. The Kier molecular flexibility index (Phi) is 5.10. The topological polar surface area (TPSA) is 59.9 Å². The second kappa shape index (κ2) is 7.31. The fourth-order valence-electron chi connectivity index (χ4n) is 1.59. The number of nitrogens with one attached hydrogen (secondary N) is 1. The van der Waals surface area contributed by atoms with Crippen LogP contribution in [0.2, 0.25) is 0 Å². The molecule has 0 unspecified atom stereocenters. The first-order valence-corrected chi connectivity index (χ1v) is 6.47. The third-order valence-electron chi connectivity index (χ3n) is 2.51. The molecule has 2 rings (SSSR count). The number of anilines is 1. The summed E-state index contributed by atoms with van der Waals surface area (Å²) >= 11 is 0. The number of hydrogen-bond acceptors (Lipinski definition) is 5. The van der Waals surface area contributed by atoms with Gasteiger partial charge in [-0.1, -0.05) is 13.0 Å². The summed E-state index contributed by atoms with van der Waals surface area (Å²) in [6.45, 7) is 3.51. The van der Waals surface area contributed by atoms with Gasteiger partial charge in [-0.3, -0.25) is 4.98 Å². The van der Waals surface area contributed by atoms with E-state index in [1.54, 1.807) is 6.20 Å². The molecule has 0 bridgehead atoms. The summed E-state index contributed by atoms with van der Waals surface area (Å²) in [6, 6.07) is 7.73. The van der Waals surface area contributed by atoms with Gasteiger partial charge in [0, 0.05) is 30.9 Å². The maximum atomic E-state index is 5.46. The largest absolute Gasteiger partial charge is 0.478 e. The van der Waals surface area contributed by atoms with Crippen molar-refractivity contribution in [2.24, 2.45) is 0 Å². The first-order valence-electron chi connectivity index (χ1n) is 6.47. The standard InChI is InChI=1S/C14H18N4O/c1-2-9-19-14-10-13(17-11-18-14)16-8-6-12-5-3-4-7-15-12/h3-5,7,10-11H,2,6,8-9H2,1H3,(H,16,17,18). The maximum absolute atomic E-state index is 5.46. The lowest BCUT2D eigenvalue weighted by molar-refractivity contribution is 0.305. The summed E-state index contributed by atoms with van der Waals surface area (Å²) in [4.78, 5) is 12.5. The minimum atomic E-state index is 0.609. The zero-order valence-corrected chi connectivity index (χ0v) is 11.0. The minimum absolute atomic E-state index is 0.609. The predicted molar refractivity (Wildman–Crippen MR) is 74.2 cm³/mol. The van der Waals surface area contributed by atoms with Crippen LogP contribution in [0.5, 0.6) is 5.88 Å². The maximum Gasteiger partial charge on any atom is 0.218 e. The summed E-state index contributed by atoms with van der Waals surface area (Å²) in [6.07, 6.45) is 5.13. The van der Waals surface area contributed by atoms with Crippen LogP contribution in [0.15, 0.2) is 36.8 Å². The van der Waals surface area contributed by atoms with Gasteiger partial charge < -0.3 is 10.1 Å². The van der Waals surface area contributed by atoms with Crippen LogP contribution >= 0.6 is 0 Å². The SMILES string of the molecule is CCCOc1cc(NCCc2ccccn2)ncn1. The number of pyridine rings is 1. The van der Waals surface area contributed by atoms with Gasteiger partial charge in [-0.25, -0.2) is 9.97 Å². The molecule has 0 amide bonds. The molecule has 100 valence electrons. The number of rotatable bonds is 7. The molecule has 0 aliphatic carbocycles. The van der Waals surface area contributed by atoms with E-state index in [4.69, 9.17) is 4.74 Å². The highest BCUT2D eigenvalue weighted by Gasteiger charge is 1.99. The lowest BCUT2D eigenvalue weighted by Gasteiger charge is -2.07.